The van der Waals surface area contributed by atoms with Crippen LogP contribution in [0.1, 0.15) is 11.8 Å². The van der Waals surface area contributed by atoms with Gasteiger partial charge in [-0.05, 0) is 11.6 Å². The molecule has 2 aromatic rings. The lowest BCUT2D eigenvalue weighted by Crippen LogP contribution is -2.60. The molecule has 3 atom stereocenters. The molecule has 0 aliphatic carbocycles. The smallest absolute Gasteiger partial charge is 0.351 e. The van der Waals surface area contributed by atoms with Crippen LogP contribution in [0.25, 0.3) is 6.08 Å². The van der Waals surface area contributed by atoms with Gasteiger partial charge in [0.05, 0.1) is 13.2 Å². The van der Waals surface area contributed by atoms with Crippen LogP contribution in [0.5, 0.6) is 0 Å². The van der Waals surface area contributed by atoms with Gasteiger partial charge in [0.15, 0.2) is 6.23 Å². The van der Waals surface area contributed by atoms with Crippen molar-refractivity contribution < 1.29 is 29.9 Å². The second-order valence-electron chi connectivity index (χ2n) is 6.25. The van der Waals surface area contributed by atoms with E-state index in [1.165, 1.54) is 18.3 Å². The summed E-state index contributed by atoms with van der Waals surface area (Å²) in [6.07, 6.45) is 1.08. The minimum Gasteiger partial charge on any atom is -0.393 e. The minimum absolute atomic E-state index is 0.0625. The molecule has 150 valence electrons. The first kappa shape index (κ1) is 20.1. The lowest BCUT2D eigenvalue weighted by atomic mass is 10.0. The molecule has 3 rings (SSSR count). The average Bonchev–Trinajstić information content (AvgIpc) is 2.86. The standard InChI is InChI=1S/C18H21N3O7/c19-14-8-9-21(16(23)20-14)15-18(26,17(24,25)13(11-22)28-15)27-10-4-7-12-5-2-1-3-6-12/h1-9,13,15,22,24-26H,10-11H2,(H2,19,20,23)/t13-,15-,18-/m1/s1. The van der Waals surface area contributed by atoms with Gasteiger partial charge < -0.3 is 35.6 Å². The van der Waals surface area contributed by atoms with Crippen LogP contribution in [-0.2, 0) is 9.47 Å². The molecule has 1 aromatic carbocycles. The highest BCUT2D eigenvalue weighted by atomic mass is 16.7. The monoisotopic (exact) mass is 391 g/mol. The Kier molecular flexibility index (Phi) is 5.61. The van der Waals surface area contributed by atoms with Gasteiger partial charge in [0, 0.05) is 6.20 Å². The summed E-state index contributed by atoms with van der Waals surface area (Å²) < 4.78 is 11.4. The normalized spacial score (nSPS) is 26.7. The first-order valence-electron chi connectivity index (χ1n) is 8.43. The second kappa shape index (κ2) is 7.80. The van der Waals surface area contributed by atoms with Crippen LogP contribution in [0.15, 0.2) is 53.5 Å². The molecule has 1 aliphatic heterocycles. The van der Waals surface area contributed by atoms with Gasteiger partial charge in [-0.15, -0.1) is 0 Å². The highest BCUT2D eigenvalue weighted by Gasteiger charge is 2.68. The molecule has 1 fully saturated rings. The summed E-state index contributed by atoms with van der Waals surface area (Å²) in [5.41, 5.74) is 5.41. The number of aliphatic hydroxyl groups excluding tert-OH is 1. The molecule has 0 radical (unpaired) electrons. The third kappa shape index (κ3) is 3.56. The maximum Gasteiger partial charge on any atom is 0.351 e. The number of nitrogens with zero attached hydrogens (tertiary/aromatic N) is 2. The molecule has 0 unspecified atom stereocenters. The average molecular weight is 391 g/mol. The van der Waals surface area contributed by atoms with Crippen molar-refractivity contribution >= 4 is 11.9 Å². The van der Waals surface area contributed by atoms with Crippen molar-refractivity contribution in [1.82, 2.24) is 9.55 Å². The summed E-state index contributed by atoms with van der Waals surface area (Å²) in [4.78, 5) is 15.6. The fourth-order valence-electron chi connectivity index (χ4n) is 2.88. The van der Waals surface area contributed by atoms with Crippen molar-refractivity contribution in [2.24, 2.45) is 0 Å². The van der Waals surface area contributed by atoms with Gasteiger partial charge in [0.2, 0.25) is 0 Å². The number of anilines is 1. The topological polar surface area (TPSA) is 160 Å². The van der Waals surface area contributed by atoms with Crippen molar-refractivity contribution in [2.75, 3.05) is 18.9 Å². The lowest BCUT2D eigenvalue weighted by Gasteiger charge is -2.35. The SMILES string of the molecule is Nc1ccn([C@@H]2O[C@H](CO)C(O)(O)[C@]2(O)OCC=Cc2ccccc2)c(=O)n1. The Hall–Kier alpha value is -2.60. The van der Waals surface area contributed by atoms with Crippen LogP contribution < -0.4 is 11.4 Å². The van der Waals surface area contributed by atoms with Gasteiger partial charge >= 0.3 is 5.69 Å². The molecule has 1 aromatic heterocycles. The number of rotatable bonds is 6. The van der Waals surface area contributed by atoms with Gasteiger partial charge in [-0.2, -0.15) is 4.98 Å². The molecular weight excluding hydrogens is 370 g/mol. The number of nitrogens with two attached hydrogens (primary N) is 1. The molecule has 2 heterocycles. The van der Waals surface area contributed by atoms with Crippen molar-refractivity contribution in [2.45, 2.75) is 23.9 Å². The molecule has 0 amide bonds. The van der Waals surface area contributed by atoms with Gasteiger partial charge in [0.1, 0.15) is 11.9 Å². The highest BCUT2D eigenvalue weighted by molar-refractivity contribution is 5.48. The summed E-state index contributed by atoms with van der Waals surface area (Å²) in [6, 6.07) is 10.5. The van der Waals surface area contributed by atoms with Gasteiger partial charge in [-0.3, -0.25) is 4.57 Å². The third-order valence-electron chi connectivity index (χ3n) is 4.38. The van der Waals surface area contributed by atoms with E-state index in [1.807, 2.05) is 30.3 Å². The first-order valence-corrected chi connectivity index (χ1v) is 8.43. The first-order chi connectivity index (χ1) is 13.3. The summed E-state index contributed by atoms with van der Waals surface area (Å²) in [6.45, 7) is -1.09. The molecule has 1 aliphatic rings. The largest absolute Gasteiger partial charge is 0.393 e. The van der Waals surface area contributed by atoms with Crippen molar-refractivity contribution in [1.29, 1.82) is 0 Å². The van der Waals surface area contributed by atoms with Crippen molar-refractivity contribution in [3.05, 3.63) is 64.7 Å². The van der Waals surface area contributed by atoms with Crippen molar-refractivity contribution in [3.63, 3.8) is 0 Å². The number of benzene rings is 1. The molecule has 10 heteroatoms. The van der Waals surface area contributed by atoms with Crippen LogP contribution in [0.3, 0.4) is 0 Å². The number of hydrogen-bond acceptors (Lipinski definition) is 9. The van der Waals surface area contributed by atoms with Gasteiger partial charge in [0.25, 0.3) is 11.6 Å². The van der Waals surface area contributed by atoms with Crippen LogP contribution in [0, 0.1) is 0 Å². The Balaban J connectivity index is 1.88. The molecule has 0 spiro atoms. The number of aliphatic hydroxyl groups is 4. The van der Waals surface area contributed by atoms with Gasteiger partial charge in [-0.1, -0.05) is 42.5 Å². The van der Waals surface area contributed by atoms with Crippen LogP contribution in [0.4, 0.5) is 5.82 Å². The zero-order valence-electron chi connectivity index (χ0n) is 14.8. The van der Waals surface area contributed by atoms with E-state index in [9.17, 15) is 25.2 Å². The Morgan fingerprint density at radius 3 is 2.61 bits per heavy atom. The summed E-state index contributed by atoms with van der Waals surface area (Å²) >= 11 is 0. The van der Waals surface area contributed by atoms with E-state index in [0.29, 0.717) is 0 Å². The molecule has 0 bridgehead atoms. The Morgan fingerprint density at radius 1 is 1.25 bits per heavy atom. The van der Waals surface area contributed by atoms with E-state index in [2.05, 4.69) is 4.98 Å². The Bertz CT molecular complexity index is 900. The fraction of sp³-hybridized carbons (Fsp3) is 0.333. The molecule has 0 saturated carbocycles. The third-order valence-corrected chi connectivity index (χ3v) is 4.38. The maximum atomic E-state index is 12.1. The second-order valence-corrected chi connectivity index (χ2v) is 6.25. The highest BCUT2D eigenvalue weighted by Crippen LogP contribution is 2.44. The predicted octanol–water partition coefficient (Wildman–Crippen LogP) is -1.19. The summed E-state index contributed by atoms with van der Waals surface area (Å²) in [5, 5.41) is 41.1. The number of hydrogen-bond donors (Lipinski definition) is 5. The molecule has 28 heavy (non-hydrogen) atoms. The van der Waals surface area contributed by atoms with Crippen LogP contribution in [-0.4, -0.2) is 60.9 Å². The van der Waals surface area contributed by atoms with E-state index in [-0.39, 0.29) is 12.4 Å². The lowest BCUT2D eigenvalue weighted by molar-refractivity contribution is -0.369. The number of ether oxygens (including phenoxy) is 2. The quantitative estimate of drug-likeness (QED) is 0.382. The number of nitrogen functional groups attached to an aromatic ring is 1. The Morgan fingerprint density at radius 2 is 1.96 bits per heavy atom. The predicted molar refractivity (Wildman–Crippen MR) is 97.5 cm³/mol. The molecule has 1 saturated heterocycles. The van der Waals surface area contributed by atoms with Crippen LogP contribution >= 0.6 is 0 Å². The maximum absolute atomic E-state index is 12.1. The van der Waals surface area contributed by atoms with Gasteiger partial charge in [-0.25, -0.2) is 4.79 Å². The molecule has 6 N–H and O–H groups in total. The minimum atomic E-state index is -3.01. The zero-order chi connectivity index (χ0) is 20.4. The van der Waals surface area contributed by atoms with E-state index in [0.717, 1.165) is 10.1 Å². The number of aromatic nitrogens is 2. The molecule has 10 nitrogen and oxygen atoms in total. The van der Waals surface area contributed by atoms with E-state index in [1.54, 1.807) is 6.08 Å². The summed E-state index contributed by atoms with van der Waals surface area (Å²) in [7, 11) is 0. The Labute approximate surface area is 159 Å². The zero-order valence-corrected chi connectivity index (χ0v) is 14.8. The molecular formula is C18H21N3O7. The van der Waals surface area contributed by atoms with E-state index in [4.69, 9.17) is 15.2 Å². The van der Waals surface area contributed by atoms with E-state index < -0.39 is 36.2 Å². The summed E-state index contributed by atoms with van der Waals surface area (Å²) in [5.74, 6) is -5.84. The van der Waals surface area contributed by atoms with E-state index >= 15 is 0 Å². The van der Waals surface area contributed by atoms with Crippen LogP contribution in [0.2, 0.25) is 0 Å². The fourth-order valence-corrected chi connectivity index (χ4v) is 2.88. The van der Waals surface area contributed by atoms with Crippen molar-refractivity contribution in [3.8, 4) is 0 Å².